The highest BCUT2D eigenvalue weighted by atomic mass is 35.5. The molecular weight excluding hydrogens is 280 g/mol. The van der Waals surface area contributed by atoms with Crippen LogP contribution in [0.4, 0.5) is 11.4 Å². The van der Waals surface area contributed by atoms with Gasteiger partial charge in [0.05, 0.1) is 16.8 Å². The first-order chi connectivity index (χ1) is 9.42. The number of ether oxygens (including phenoxy) is 1. The summed E-state index contributed by atoms with van der Waals surface area (Å²) in [5, 5.41) is 5.75. The quantitative estimate of drug-likeness (QED) is 0.848. The third-order valence-corrected chi connectivity index (χ3v) is 2.72. The van der Waals surface area contributed by atoms with Crippen LogP contribution in [0.2, 0.25) is 5.02 Å². The van der Waals surface area contributed by atoms with Gasteiger partial charge in [-0.25, -0.2) is 0 Å². The summed E-state index contributed by atoms with van der Waals surface area (Å²) in [6, 6.07) is 4.91. The number of anilines is 2. The number of nitrogens with one attached hydrogen (secondary N) is 2. The molecule has 0 fully saturated rings. The summed E-state index contributed by atoms with van der Waals surface area (Å²) in [6.45, 7) is 5.42. The van der Waals surface area contributed by atoms with Crippen molar-refractivity contribution in [3.63, 3.8) is 0 Å². The van der Waals surface area contributed by atoms with Gasteiger partial charge in [-0.1, -0.05) is 18.5 Å². The van der Waals surface area contributed by atoms with Crippen molar-refractivity contribution in [1.29, 1.82) is 0 Å². The summed E-state index contributed by atoms with van der Waals surface area (Å²) in [5.41, 5.74) is 1.03. The lowest BCUT2D eigenvalue weighted by molar-refractivity contribution is -0.122. The third-order valence-electron chi connectivity index (χ3n) is 2.39. The molecule has 1 aromatic carbocycles. The minimum Gasteiger partial charge on any atom is -0.369 e. The van der Waals surface area contributed by atoms with Crippen LogP contribution >= 0.6 is 11.6 Å². The first-order valence-electron chi connectivity index (χ1n) is 6.43. The van der Waals surface area contributed by atoms with Gasteiger partial charge in [0.1, 0.15) is 6.61 Å². The van der Waals surface area contributed by atoms with E-state index in [4.69, 9.17) is 16.3 Å². The van der Waals surface area contributed by atoms with E-state index in [1.165, 1.54) is 0 Å². The maximum Gasteiger partial charge on any atom is 0.250 e. The standard InChI is InChI=1S/C14H19ClN2O3/c1-4-13(18)16-10-5-6-11(15)12(7-10)17-14(19)8-20-9(2)3/h5-7,9H,4,8H2,1-3H3,(H,16,18)(H,17,19). The summed E-state index contributed by atoms with van der Waals surface area (Å²) >= 11 is 6.01. The minimum absolute atomic E-state index is 0.0219. The Hall–Kier alpha value is -1.59. The molecule has 6 heteroatoms. The van der Waals surface area contributed by atoms with E-state index in [0.29, 0.717) is 22.8 Å². The molecule has 0 atom stereocenters. The predicted octanol–water partition coefficient (Wildman–Crippen LogP) is 3.05. The molecule has 0 saturated carbocycles. The van der Waals surface area contributed by atoms with Crippen molar-refractivity contribution in [2.24, 2.45) is 0 Å². The van der Waals surface area contributed by atoms with E-state index in [2.05, 4.69) is 10.6 Å². The number of rotatable bonds is 6. The van der Waals surface area contributed by atoms with Crippen molar-refractivity contribution >= 4 is 34.8 Å². The monoisotopic (exact) mass is 298 g/mol. The molecule has 0 spiro atoms. The molecule has 1 aromatic rings. The second kappa shape index (κ2) is 7.87. The maximum atomic E-state index is 11.7. The van der Waals surface area contributed by atoms with Crippen LogP contribution in [0.1, 0.15) is 27.2 Å². The molecule has 0 radical (unpaired) electrons. The van der Waals surface area contributed by atoms with E-state index >= 15 is 0 Å². The van der Waals surface area contributed by atoms with Crippen LogP contribution in [0.15, 0.2) is 18.2 Å². The molecule has 0 heterocycles. The Morgan fingerprint density at radius 1 is 1.25 bits per heavy atom. The van der Waals surface area contributed by atoms with Gasteiger partial charge in [0.2, 0.25) is 11.8 Å². The summed E-state index contributed by atoms with van der Waals surface area (Å²) in [5.74, 6) is -0.396. The van der Waals surface area contributed by atoms with Gasteiger partial charge < -0.3 is 15.4 Å². The Balaban J connectivity index is 2.71. The molecule has 0 unspecified atom stereocenters. The molecule has 0 aliphatic carbocycles. The number of carbonyl (C=O) groups is 2. The van der Waals surface area contributed by atoms with Gasteiger partial charge in [0.25, 0.3) is 0 Å². The van der Waals surface area contributed by atoms with Gasteiger partial charge in [-0.3, -0.25) is 9.59 Å². The van der Waals surface area contributed by atoms with Crippen LogP contribution in [0.25, 0.3) is 0 Å². The fourth-order valence-corrected chi connectivity index (χ4v) is 1.54. The lowest BCUT2D eigenvalue weighted by Gasteiger charge is -2.11. The van der Waals surface area contributed by atoms with Gasteiger partial charge >= 0.3 is 0 Å². The first-order valence-corrected chi connectivity index (χ1v) is 6.81. The average molecular weight is 299 g/mol. The van der Waals surface area contributed by atoms with E-state index < -0.39 is 0 Å². The molecule has 0 bridgehead atoms. The van der Waals surface area contributed by atoms with Crippen LogP contribution < -0.4 is 10.6 Å². The Labute approximate surface area is 123 Å². The van der Waals surface area contributed by atoms with Crippen molar-refractivity contribution in [3.05, 3.63) is 23.2 Å². The number of halogens is 1. The smallest absolute Gasteiger partial charge is 0.250 e. The Bertz CT molecular complexity index is 489. The van der Waals surface area contributed by atoms with Crippen LogP contribution in [0, 0.1) is 0 Å². The summed E-state index contributed by atoms with van der Waals surface area (Å²) < 4.78 is 5.20. The fourth-order valence-electron chi connectivity index (χ4n) is 1.38. The number of hydrogen-bond acceptors (Lipinski definition) is 3. The molecule has 0 aromatic heterocycles. The minimum atomic E-state index is -0.292. The van der Waals surface area contributed by atoms with Gasteiger partial charge in [0.15, 0.2) is 0 Å². The van der Waals surface area contributed by atoms with E-state index in [0.717, 1.165) is 0 Å². The van der Waals surface area contributed by atoms with Gasteiger partial charge in [0, 0.05) is 12.1 Å². The normalized spacial score (nSPS) is 10.4. The van der Waals surface area contributed by atoms with Crippen molar-refractivity contribution in [1.82, 2.24) is 0 Å². The van der Waals surface area contributed by atoms with Gasteiger partial charge in [-0.2, -0.15) is 0 Å². The highest BCUT2D eigenvalue weighted by molar-refractivity contribution is 6.33. The van der Waals surface area contributed by atoms with E-state index in [-0.39, 0.29) is 24.5 Å². The second-order valence-electron chi connectivity index (χ2n) is 4.50. The predicted molar refractivity (Wildman–Crippen MR) is 80.1 cm³/mol. The van der Waals surface area contributed by atoms with Crippen molar-refractivity contribution < 1.29 is 14.3 Å². The zero-order valence-corrected chi connectivity index (χ0v) is 12.6. The molecular formula is C14H19ClN2O3. The summed E-state index contributed by atoms with van der Waals surface area (Å²) in [7, 11) is 0. The molecule has 0 aliphatic heterocycles. The Kier molecular flexibility index (Phi) is 6.48. The molecule has 2 N–H and O–H groups in total. The Morgan fingerprint density at radius 2 is 1.95 bits per heavy atom. The zero-order chi connectivity index (χ0) is 15.1. The summed E-state index contributed by atoms with van der Waals surface area (Å²) in [6.07, 6.45) is 0.360. The molecule has 110 valence electrons. The van der Waals surface area contributed by atoms with Crippen molar-refractivity contribution in [2.75, 3.05) is 17.2 Å². The number of benzene rings is 1. The maximum absolute atomic E-state index is 11.7. The Morgan fingerprint density at radius 3 is 2.55 bits per heavy atom. The van der Waals surface area contributed by atoms with E-state index in [1.807, 2.05) is 13.8 Å². The number of amides is 2. The van der Waals surface area contributed by atoms with E-state index in [9.17, 15) is 9.59 Å². The van der Waals surface area contributed by atoms with Crippen molar-refractivity contribution in [3.8, 4) is 0 Å². The molecule has 1 rings (SSSR count). The van der Waals surface area contributed by atoms with Crippen LogP contribution in [-0.4, -0.2) is 24.5 Å². The molecule has 2 amide bonds. The van der Waals surface area contributed by atoms with Crippen LogP contribution in [0.3, 0.4) is 0 Å². The number of carbonyl (C=O) groups excluding carboxylic acids is 2. The lowest BCUT2D eigenvalue weighted by atomic mass is 10.2. The SMILES string of the molecule is CCC(=O)Nc1ccc(Cl)c(NC(=O)COC(C)C)c1. The van der Waals surface area contributed by atoms with Gasteiger partial charge in [-0.15, -0.1) is 0 Å². The second-order valence-corrected chi connectivity index (χ2v) is 4.91. The van der Waals surface area contributed by atoms with Crippen molar-refractivity contribution in [2.45, 2.75) is 33.3 Å². The number of hydrogen-bond donors (Lipinski definition) is 2. The fraction of sp³-hybridized carbons (Fsp3) is 0.429. The topological polar surface area (TPSA) is 67.4 Å². The first kappa shape index (κ1) is 16.5. The average Bonchev–Trinajstić information content (AvgIpc) is 2.40. The third kappa shape index (κ3) is 5.59. The molecule has 0 aliphatic rings. The van der Waals surface area contributed by atoms with E-state index in [1.54, 1.807) is 25.1 Å². The highest BCUT2D eigenvalue weighted by Crippen LogP contribution is 2.25. The van der Waals surface area contributed by atoms with Crippen LogP contribution in [0.5, 0.6) is 0 Å². The van der Waals surface area contributed by atoms with Gasteiger partial charge in [-0.05, 0) is 32.0 Å². The lowest BCUT2D eigenvalue weighted by Crippen LogP contribution is -2.21. The zero-order valence-electron chi connectivity index (χ0n) is 11.8. The molecule has 20 heavy (non-hydrogen) atoms. The highest BCUT2D eigenvalue weighted by Gasteiger charge is 2.09. The van der Waals surface area contributed by atoms with Crippen LogP contribution in [-0.2, 0) is 14.3 Å². The molecule has 5 nitrogen and oxygen atoms in total. The molecule has 0 saturated heterocycles. The summed E-state index contributed by atoms with van der Waals surface area (Å²) in [4.78, 5) is 23.0. The largest absolute Gasteiger partial charge is 0.369 e.